The Morgan fingerprint density at radius 1 is 1.60 bits per heavy atom. The fourth-order valence-electron chi connectivity index (χ4n) is 0.703. The Labute approximate surface area is 68.4 Å². The Balaban J connectivity index is 2.79. The standard InChI is InChI=1S/C7H7BrN2/c8-5-7(6-9)3-1-2-4-10-7/h1-4,10H,5H2. The first-order valence-electron chi connectivity index (χ1n) is 2.92. The minimum absolute atomic E-state index is 0.533. The van der Waals surface area contributed by atoms with E-state index in [9.17, 15) is 0 Å². The first kappa shape index (κ1) is 7.36. The molecule has 0 saturated carbocycles. The van der Waals surface area contributed by atoms with Crippen LogP contribution in [0.1, 0.15) is 0 Å². The lowest BCUT2D eigenvalue weighted by Crippen LogP contribution is -2.41. The van der Waals surface area contributed by atoms with Crippen LogP contribution in [0.4, 0.5) is 0 Å². The van der Waals surface area contributed by atoms with Gasteiger partial charge in [-0.2, -0.15) is 5.26 Å². The van der Waals surface area contributed by atoms with Crippen LogP contribution in [-0.4, -0.2) is 10.9 Å². The van der Waals surface area contributed by atoms with E-state index in [-0.39, 0.29) is 0 Å². The minimum Gasteiger partial charge on any atom is -0.370 e. The van der Waals surface area contributed by atoms with E-state index < -0.39 is 5.54 Å². The van der Waals surface area contributed by atoms with Gasteiger partial charge in [-0.25, -0.2) is 0 Å². The highest BCUT2D eigenvalue weighted by molar-refractivity contribution is 9.09. The van der Waals surface area contributed by atoms with Gasteiger partial charge in [0, 0.05) is 5.33 Å². The van der Waals surface area contributed by atoms with Gasteiger partial charge in [-0.1, -0.05) is 22.0 Å². The molecule has 2 nitrogen and oxygen atoms in total. The van der Waals surface area contributed by atoms with Crippen molar-refractivity contribution in [3.63, 3.8) is 0 Å². The van der Waals surface area contributed by atoms with Crippen LogP contribution < -0.4 is 5.32 Å². The molecule has 0 radical (unpaired) electrons. The van der Waals surface area contributed by atoms with Gasteiger partial charge in [0.1, 0.15) is 0 Å². The number of dihydropyridines is 1. The van der Waals surface area contributed by atoms with Gasteiger partial charge in [-0.3, -0.25) is 0 Å². The van der Waals surface area contributed by atoms with Crippen molar-refractivity contribution in [2.24, 2.45) is 0 Å². The van der Waals surface area contributed by atoms with E-state index in [0.29, 0.717) is 5.33 Å². The number of nitrogens with zero attached hydrogens (tertiary/aromatic N) is 1. The highest BCUT2D eigenvalue weighted by Gasteiger charge is 2.24. The molecular weight excluding hydrogens is 192 g/mol. The lowest BCUT2D eigenvalue weighted by molar-refractivity contribution is 0.639. The predicted octanol–water partition coefficient (Wildman–Crippen LogP) is 1.32. The Morgan fingerprint density at radius 2 is 2.40 bits per heavy atom. The number of allylic oxidation sites excluding steroid dienone is 2. The largest absolute Gasteiger partial charge is 0.370 e. The smallest absolute Gasteiger partial charge is 0.153 e. The van der Waals surface area contributed by atoms with E-state index in [4.69, 9.17) is 5.26 Å². The van der Waals surface area contributed by atoms with Crippen molar-refractivity contribution in [1.29, 1.82) is 5.26 Å². The maximum absolute atomic E-state index is 8.71. The van der Waals surface area contributed by atoms with Gasteiger partial charge in [0.2, 0.25) is 0 Å². The zero-order chi connectivity index (χ0) is 7.45. The van der Waals surface area contributed by atoms with Crippen LogP contribution in [0.25, 0.3) is 0 Å². The van der Waals surface area contributed by atoms with E-state index in [1.54, 1.807) is 6.20 Å². The number of nitriles is 1. The third kappa shape index (κ3) is 1.22. The monoisotopic (exact) mass is 198 g/mol. The van der Waals surface area contributed by atoms with Crippen molar-refractivity contribution >= 4 is 15.9 Å². The van der Waals surface area contributed by atoms with E-state index in [1.807, 2.05) is 18.2 Å². The average Bonchev–Trinajstić information content (AvgIpc) is 2.06. The molecule has 10 heavy (non-hydrogen) atoms. The van der Waals surface area contributed by atoms with Gasteiger partial charge in [-0.05, 0) is 18.4 Å². The van der Waals surface area contributed by atoms with Gasteiger partial charge in [0.15, 0.2) is 5.54 Å². The normalized spacial score (nSPS) is 29.2. The van der Waals surface area contributed by atoms with Crippen molar-refractivity contribution in [2.75, 3.05) is 5.33 Å². The van der Waals surface area contributed by atoms with Gasteiger partial charge < -0.3 is 5.32 Å². The molecule has 0 amide bonds. The number of halogens is 1. The molecule has 1 aliphatic rings. The Morgan fingerprint density at radius 3 is 2.70 bits per heavy atom. The lowest BCUT2D eigenvalue weighted by Gasteiger charge is -2.22. The summed E-state index contributed by atoms with van der Waals surface area (Å²) in [6.07, 6.45) is 7.32. The second kappa shape index (κ2) is 2.89. The van der Waals surface area contributed by atoms with Crippen molar-refractivity contribution < 1.29 is 0 Å². The summed E-state index contributed by atoms with van der Waals surface area (Å²) in [5.74, 6) is 0. The molecule has 1 heterocycles. The minimum atomic E-state index is -0.533. The van der Waals surface area contributed by atoms with E-state index >= 15 is 0 Å². The van der Waals surface area contributed by atoms with Crippen LogP contribution in [0.15, 0.2) is 24.4 Å². The van der Waals surface area contributed by atoms with Gasteiger partial charge in [-0.15, -0.1) is 0 Å². The van der Waals surface area contributed by atoms with Crippen molar-refractivity contribution in [3.05, 3.63) is 24.4 Å². The summed E-state index contributed by atoms with van der Waals surface area (Å²) in [6.45, 7) is 0. The molecule has 1 aliphatic heterocycles. The lowest BCUT2D eigenvalue weighted by atomic mass is 10.0. The highest BCUT2D eigenvalue weighted by atomic mass is 79.9. The molecule has 0 fully saturated rings. The summed E-state index contributed by atoms with van der Waals surface area (Å²) in [5.41, 5.74) is -0.533. The average molecular weight is 199 g/mol. The van der Waals surface area contributed by atoms with Crippen LogP contribution in [0.5, 0.6) is 0 Å². The second-order valence-electron chi connectivity index (χ2n) is 2.08. The molecular formula is C7H7BrN2. The first-order valence-corrected chi connectivity index (χ1v) is 4.04. The van der Waals surface area contributed by atoms with Crippen LogP contribution in [0.2, 0.25) is 0 Å². The molecule has 1 rings (SSSR count). The van der Waals surface area contributed by atoms with Crippen molar-refractivity contribution in [3.8, 4) is 6.07 Å². The number of rotatable bonds is 1. The molecule has 0 aromatic rings. The van der Waals surface area contributed by atoms with Crippen LogP contribution in [0, 0.1) is 11.3 Å². The third-order valence-corrected chi connectivity index (χ3v) is 2.22. The molecule has 0 spiro atoms. The molecule has 0 aliphatic carbocycles. The summed E-state index contributed by atoms with van der Waals surface area (Å²) in [5, 5.41) is 12.3. The van der Waals surface area contributed by atoms with Crippen molar-refractivity contribution in [2.45, 2.75) is 5.54 Å². The maximum Gasteiger partial charge on any atom is 0.153 e. The van der Waals surface area contributed by atoms with Crippen LogP contribution >= 0.6 is 15.9 Å². The maximum atomic E-state index is 8.71. The summed E-state index contributed by atoms with van der Waals surface area (Å²) < 4.78 is 0. The predicted molar refractivity (Wildman–Crippen MR) is 43.6 cm³/mol. The van der Waals surface area contributed by atoms with E-state index in [2.05, 4.69) is 27.3 Å². The molecule has 52 valence electrons. The molecule has 0 aromatic heterocycles. The SMILES string of the molecule is N#CC1(CBr)C=CC=CN1. The fourth-order valence-corrected chi connectivity index (χ4v) is 1.18. The number of nitrogens with one attached hydrogen (secondary N) is 1. The molecule has 1 atom stereocenters. The van der Waals surface area contributed by atoms with E-state index in [1.165, 1.54) is 0 Å². The molecule has 0 saturated heterocycles. The number of hydrogen-bond acceptors (Lipinski definition) is 2. The second-order valence-corrected chi connectivity index (χ2v) is 2.64. The zero-order valence-corrected chi connectivity index (χ0v) is 6.93. The van der Waals surface area contributed by atoms with Gasteiger partial charge in [0.25, 0.3) is 0 Å². The van der Waals surface area contributed by atoms with E-state index in [0.717, 1.165) is 0 Å². The third-order valence-electron chi connectivity index (χ3n) is 1.34. The quantitative estimate of drug-likeness (QED) is 0.646. The van der Waals surface area contributed by atoms with Gasteiger partial charge in [0.05, 0.1) is 6.07 Å². The summed E-state index contributed by atoms with van der Waals surface area (Å²) in [6, 6.07) is 2.17. The summed E-state index contributed by atoms with van der Waals surface area (Å²) in [4.78, 5) is 0. The molecule has 0 bridgehead atoms. The topological polar surface area (TPSA) is 35.8 Å². The molecule has 1 unspecified atom stereocenters. The van der Waals surface area contributed by atoms with Gasteiger partial charge >= 0.3 is 0 Å². The summed E-state index contributed by atoms with van der Waals surface area (Å²) >= 11 is 3.26. The molecule has 3 heteroatoms. The summed E-state index contributed by atoms with van der Waals surface area (Å²) in [7, 11) is 0. The highest BCUT2D eigenvalue weighted by Crippen LogP contribution is 2.12. The Kier molecular flexibility index (Phi) is 2.13. The molecule has 1 N–H and O–H groups in total. The number of alkyl halides is 1. The number of hydrogen-bond donors (Lipinski definition) is 1. The molecule has 0 aromatic carbocycles. The zero-order valence-electron chi connectivity index (χ0n) is 5.34. The van der Waals surface area contributed by atoms with Crippen molar-refractivity contribution in [1.82, 2.24) is 5.32 Å². The Hall–Kier alpha value is -0.750. The Bertz CT molecular complexity index is 214. The first-order chi connectivity index (χ1) is 4.83. The van der Waals surface area contributed by atoms with Crippen LogP contribution in [-0.2, 0) is 0 Å². The fraction of sp³-hybridized carbons (Fsp3) is 0.286. The van der Waals surface area contributed by atoms with Crippen LogP contribution in [0.3, 0.4) is 0 Å².